The number of hydrogen-bond acceptors (Lipinski definition) is 4. The molecule has 1 rings (SSSR count). The first-order chi connectivity index (χ1) is 7.67. The maximum Gasteiger partial charge on any atom is 0.308 e. The smallest absolute Gasteiger partial charge is 0.308 e. The van der Waals surface area contributed by atoms with E-state index in [1.165, 1.54) is 14.0 Å². The number of hydrogen-bond donors (Lipinski definition) is 1. The summed E-state index contributed by atoms with van der Waals surface area (Å²) in [4.78, 5) is 10.8. The van der Waals surface area contributed by atoms with E-state index in [1.54, 1.807) is 12.1 Å². The number of carbonyl (C=O) groups is 1. The fraction of sp³-hybridized carbons (Fsp3) is 0.250. The highest BCUT2D eigenvalue weighted by Gasteiger charge is 2.06. The molecular formula is C12H14O3S. The Morgan fingerprint density at radius 2 is 2.19 bits per heavy atom. The maximum absolute atomic E-state index is 10.8. The number of carbonyl (C=O) groups excluding carboxylic acids is 1. The zero-order chi connectivity index (χ0) is 12.0. The first kappa shape index (κ1) is 12.6. The minimum atomic E-state index is -0.364. The molecule has 0 heterocycles. The highest BCUT2D eigenvalue weighted by molar-refractivity contribution is 7.80. The van der Waals surface area contributed by atoms with Gasteiger partial charge in [0, 0.05) is 12.7 Å². The Morgan fingerprint density at radius 1 is 1.44 bits per heavy atom. The normalized spacial score (nSPS) is 10.4. The second-order valence-corrected chi connectivity index (χ2v) is 3.45. The van der Waals surface area contributed by atoms with Gasteiger partial charge in [0.05, 0.1) is 7.11 Å². The van der Waals surface area contributed by atoms with E-state index in [4.69, 9.17) is 9.47 Å². The van der Waals surface area contributed by atoms with Crippen molar-refractivity contribution in [2.45, 2.75) is 6.92 Å². The molecule has 0 N–H and O–H groups in total. The summed E-state index contributed by atoms with van der Waals surface area (Å²) in [5.74, 6) is 1.28. The molecule has 4 heteroatoms. The van der Waals surface area contributed by atoms with E-state index in [0.717, 1.165) is 5.56 Å². The molecule has 0 aliphatic carbocycles. The highest BCUT2D eigenvalue weighted by atomic mass is 32.1. The molecule has 0 unspecified atom stereocenters. The molecule has 1 aromatic carbocycles. The molecule has 0 radical (unpaired) electrons. The number of benzene rings is 1. The van der Waals surface area contributed by atoms with E-state index in [0.29, 0.717) is 17.3 Å². The van der Waals surface area contributed by atoms with Crippen LogP contribution >= 0.6 is 12.6 Å². The predicted octanol–water partition coefficient (Wildman–Crippen LogP) is 2.56. The lowest BCUT2D eigenvalue weighted by atomic mass is 10.2. The monoisotopic (exact) mass is 238 g/mol. The lowest BCUT2D eigenvalue weighted by Gasteiger charge is -2.08. The number of thiol groups is 1. The fourth-order valence-electron chi connectivity index (χ4n) is 1.22. The first-order valence-electron chi connectivity index (χ1n) is 4.81. The molecule has 0 aliphatic rings. The molecule has 0 aliphatic heterocycles. The maximum atomic E-state index is 10.8. The summed E-state index contributed by atoms with van der Waals surface area (Å²) >= 11 is 4.08. The van der Waals surface area contributed by atoms with E-state index in [9.17, 15) is 4.79 Å². The van der Waals surface area contributed by atoms with Gasteiger partial charge in [-0.05, 0) is 17.7 Å². The molecule has 16 heavy (non-hydrogen) atoms. The van der Waals surface area contributed by atoms with E-state index in [2.05, 4.69) is 12.6 Å². The van der Waals surface area contributed by atoms with Gasteiger partial charge in [-0.3, -0.25) is 4.79 Å². The third-order valence-corrected chi connectivity index (χ3v) is 2.07. The second kappa shape index (κ2) is 6.23. The van der Waals surface area contributed by atoms with Crippen molar-refractivity contribution in [2.24, 2.45) is 0 Å². The summed E-state index contributed by atoms with van der Waals surface area (Å²) < 4.78 is 10.1. The second-order valence-electron chi connectivity index (χ2n) is 3.09. The van der Waals surface area contributed by atoms with Crippen LogP contribution in [0.1, 0.15) is 12.5 Å². The summed E-state index contributed by atoms with van der Waals surface area (Å²) in [6.07, 6.45) is 3.84. The van der Waals surface area contributed by atoms with Crippen LogP contribution < -0.4 is 9.47 Å². The molecule has 0 saturated heterocycles. The van der Waals surface area contributed by atoms with Gasteiger partial charge >= 0.3 is 5.97 Å². The average molecular weight is 238 g/mol. The Kier molecular flexibility index (Phi) is 4.92. The van der Waals surface area contributed by atoms with Crippen molar-refractivity contribution in [3.05, 3.63) is 29.8 Å². The van der Waals surface area contributed by atoms with Crippen molar-refractivity contribution in [3.8, 4) is 11.5 Å². The number of methoxy groups -OCH3 is 1. The van der Waals surface area contributed by atoms with Crippen LogP contribution in [-0.2, 0) is 4.79 Å². The van der Waals surface area contributed by atoms with E-state index in [1.807, 2.05) is 18.2 Å². The Morgan fingerprint density at radius 3 is 2.75 bits per heavy atom. The third kappa shape index (κ3) is 3.62. The number of ether oxygens (including phenoxy) is 2. The van der Waals surface area contributed by atoms with Crippen molar-refractivity contribution in [3.63, 3.8) is 0 Å². The van der Waals surface area contributed by atoms with Crippen LogP contribution in [0.25, 0.3) is 6.08 Å². The molecule has 0 aromatic heterocycles. The molecule has 0 bridgehead atoms. The average Bonchev–Trinajstić information content (AvgIpc) is 2.27. The summed E-state index contributed by atoms with van der Waals surface area (Å²) in [6, 6.07) is 5.36. The van der Waals surface area contributed by atoms with Crippen LogP contribution in [0, 0.1) is 0 Å². The highest BCUT2D eigenvalue weighted by Crippen LogP contribution is 2.28. The molecule has 1 aromatic rings. The zero-order valence-corrected chi connectivity index (χ0v) is 10.2. The van der Waals surface area contributed by atoms with Crippen LogP contribution in [0.15, 0.2) is 24.3 Å². The SMILES string of the molecule is COc1cc(C=CCS)ccc1OC(C)=O. The largest absolute Gasteiger partial charge is 0.493 e. The Labute approximate surface area is 100 Å². The van der Waals surface area contributed by atoms with Gasteiger partial charge in [0.2, 0.25) is 0 Å². The van der Waals surface area contributed by atoms with Gasteiger partial charge in [-0.25, -0.2) is 0 Å². The van der Waals surface area contributed by atoms with Gasteiger partial charge < -0.3 is 9.47 Å². The van der Waals surface area contributed by atoms with Gasteiger partial charge in [0.15, 0.2) is 11.5 Å². The van der Waals surface area contributed by atoms with Gasteiger partial charge in [-0.1, -0.05) is 18.2 Å². The molecular weight excluding hydrogens is 224 g/mol. The lowest BCUT2D eigenvalue weighted by molar-refractivity contribution is -0.132. The van der Waals surface area contributed by atoms with Gasteiger partial charge in [-0.2, -0.15) is 12.6 Å². The lowest BCUT2D eigenvalue weighted by Crippen LogP contribution is -2.02. The molecule has 0 saturated carbocycles. The van der Waals surface area contributed by atoms with Gasteiger partial charge in [0.25, 0.3) is 0 Å². The predicted molar refractivity (Wildman–Crippen MR) is 67.2 cm³/mol. The van der Waals surface area contributed by atoms with Crippen molar-refractivity contribution in [2.75, 3.05) is 12.9 Å². The third-order valence-electron chi connectivity index (χ3n) is 1.86. The van der Waals surface area contributed by atoms with Crippen molar-refractivity contribution in [1.29, 1.82) is 0 Å². The minimum absolute atomic E-state index is 0.364. The molecule has 86 valence electrons. The zero-order valence-electron chi connectivity index (χ0n) is 9.27. The summed E-state index contributed by atoms with van der Waals surface area (Å²) in [5.41, 5.74) is 0.974. The Hall–Kier alpha value is -1.42. The Balaban J connectivity index is 2.96. The van der Waals surface area contributed by atoms with E-state index in [-0.39, 0.29) is 5.97 Å². The molecule has 0 fully saturated rings. The van der Waals surface area contributed by atoms with Crippen LogP contribution in [-0.4, -0.2) is 18.8 Å². The van der Waals surface area contributed by atoms with Crippen LogP contribution in [0.5, 0.6) is 11.5 Å². The van der Waals surface area contributed by atoms with Gasteiger partial charge in [0.1, 0.15) is 0 Å². The first-order valence-corrected chi connectivity index (χ1v) is 5.44. The molecule has 0 spiro atoms. The van der Waals surface area contributed by atoms with Crippen molar-refractivity contribution < 1.29 is 14.3 Å². The molecule has 3 nitrogen and oxygen atoms in total. The van der Waals surface area contributed by atoms with Crippen LogP contribution in [0.4, 0.5) is 0 Å². The minimum Gasteiger partial charge on any atom is -0.493 e. The molecule has 0 atom stereocenters. The van der Waals surface area contributed by atoms with Crippen LogP contribution in [0.3, 0.4) is 0 Å². The fourth-order valence-corrected chi connectivity index (χ4v) is 1.32. The van der Waals surface area contributed by atoms with Crippen LogP contribution in [0.2, 0.25) is 0 Å². The number of esters is 1. The summed E-state index contributed by atoms with van der Waals surface area (Å²) in [7, 11) is 1.54. The summed E-state index contributed by atoms with van der Waals surface area (Å²) in [6.45, 7) is 1.36. The quantitative estimate of drug-likeness (QED) is 0.497. The summed E-state index contributed by atoms with van der Waals surface area (Å²) in [5, 5.41) is 0. The molecule has 0 amide bonds. The van der Waals surface area contributed by atoms with E-state index < -0.39 is 0 Å². The Bertz CT molecular complexity index is 399. The standard InChI is InChI=1S/C12H14O3S/c1-9(13)15-11-6-5-10(4-3-7-16)8-12(11)14-2/h3-6,8,16H,7H2,1-2H3. The number of rotatable bonds is 4. The van der Waals surface area contributed by atoms with Gasteiger partial charge in [-0.15, -0.1) is 0 Å². The topological polar surface area (TPSA) is 35.5 Å². The van der Waals surface area contributed by atoms with E-state index >= 15 is 0 Å². The van der Waals surface area contributed by atoms with Crippen molar-refractivity contribution >= 4 is 24.7 Å². The van der Waals surface area contributed by atoms with Crippen molar-refractivity contribution in [1.82, 2.24) is 0 Å².